The quantitative estimate of drug-likeness (QED) is 0.661. The summed E-state index contributed by atoms with van der Waals surface area (Å²) in [6.45, 7) is 0. The van der Waals surface area contributed by atoms with Crippen LogP contribution in [0.4, 0.5) is 0 Å². The number of rotatable bonds is 2. The molecule has 0 amide bonds. The second kappa shape index (κ2) is 5.54. The van der Waals surface area contributed by atoms with E-state index in [9.17, 15) is 5.11 Å². The number of benzene rings is 2. The maximum atomic E-state index is 10.0. The van der Waals surface area contributed by atoms with E-state index in [0.29, 0.717) is 9.99 Å². The molecule has 3 rings (SSSR count). The molecule has 1 N–H and O–H groups in total. The fraction of sp³-hybridized carbons (Fsp3) is 0.0625. The SMILES string of the molecule is Oc1c(Br)cc(Br)c2cc(Cc3ccccc3)cnc12. The highest BCUT2D eigenvalue weighted by atomic mass is 79.9. The van der Waals surface area contributed by atoms with Gasteiger partial charge < -0.3 is 5.11 Å². The first kappa shape index (κ1) is 13.6. The summed E-state index contributed by atoms with van der Waals surface area (Å²) in [6, 6.07) is 14.2. The van der Waals surface area contributed by atoms with Gasteiger partial charge in [0, 0.05) is 16.1 Å². The molecule has 3 aromatic rings. The van der Waals surface area contributed by atoms with Gasteiger partial charge in [0.2, 0.25) is 0 Å². The van der Waals surface area contributed by atoms with Gasteiger partial charge in [0.1, 0.15) is 5.52 Å². The number of fused-ring (bicyclic) bond motifs is 1. The van der Waals surface area contributed by atoms with Crippen molar-refractivity contribution < 1.29 is 5.11 Å². The number of hydrogen-bond donors (Lipinski definition) is 1. The number of halogens is 2. The zero-order chi connectivity index (χ0) is 14.1. The van der Waals surface area contributed by atoms with E-state index in [1.165, 1.54) is 5.56 Å². The molecule has 0 bridgehead atoms. The van der Waals surface area contributed by atoms with Gasteiger partial charge in [-0.05, 0) is 45.6 Å². The van der Waals surface area contributed by atoms with Crippen LogP contribution >= 0.6 is 31.9 Å². The molecule has 0 aliphatic rings. The van der Waals surface area contributed by atoms with E-state index < -0.39 is 0 Å². The smallest absolute Gasteiger partial charge is 0.156 e. The van der Waals surface area contributed by atoms with Gasteiger partial charge >= 0.3 is 0 Å². The normalized spacial score (nSPS) is 10.9. The van der Waals surface area contributed by atoms with E-state index in [1.54, 1.807) is 0 Å². The maximum absolute atomic E-state index is 10.0. The monoisotopic (exact) mass is 391 g/mol. The van der Waals surface area contributed by atoms with Crippen LogP contribution in [-0.2, 0) is 6.42 Å². The Labute approximate surface area is 133 Å². The molecule has 0 aliphatic carbocycles. The third-order valence-corrected chi connectivity index (χ3v) is 4.42. The molecule has 2 nitrogen and oxygen atoms in total. The molecule has 0 atom stereocenters. The lowest BCUT2D eigenvalue weighted by atomic mass is 10.0. The molecule has 1 heterocycles. The number of phenols is 1. The Morgan fingerprint density at radius 1 is 0.950 bits per heavy atom. The summed E-state index contributed by atoms with van der Waals surface area (Å²) in [7, 11) is 0. The highest BCUT2D eigenvalue weighted by molar-refractivity contribution is 9.11. The fourth-order valence-corrected chi connectivity index (χ4v) is 3.43. The Morgan fingerprint density at radius 3 is 2.45 bits per heavy atom. The first-order valence-electron chi connectivity index (χ1n) is 6.14. The van der Waals surface area contributed by atoms with Gasteiger partial charge in [0.15, 0.2) is 5.75 Å². The minimum atomic E-state index is 0.175. The van der Waals surface area contributed by atoms with Gasteiger partial charge in [0.05, 0.1) is 4.47 Å². The molecule has 0 saturated carbocycles. The van der Waals surface area contributed by atoms with Crippen molar-refractivity contribution in [3.05, 3.63) is 68.7 Å². The lowest BCUT2D eigenvalue weighted by Crippen LogP contribution is -1.91. The maximum Gasteiger partial charge on any atom is 0.156 e. The molecule has 0 fully saturated rings. The highest BCUT2D eigenvalue weighted by Gasteiger charge is 2.10. The van der Waals surface area contributed by atoms with Crippen molar-refractivity contribution in [3.8, 4) is 5.75 Å². The first-order valence-corrected chi connectivity index (χ1v) is 7.73. The molecule has 0 saturated heterocycles. The van der Waals surface area contributed by atoms with Crippen molar-refractivity contribution in [2.24, 2.45) is 0 Å². The second-order valence-corrected chi connectivity index (χ2v) is 6.30. The first-order chi connectivity index (χ1) is 9.65. The van der Waals surface area contributed by atoms with E-state index in [-0.39, 0.29) is 5.75 Å². The van der Waals surface area contributed by atoms with Crippen LogP contribution in [0.15, 0.2) is 57.6 Å². The molecule has 0 spiro atoms. The molecule has 1 aromatic heterocycles. The third-order valence-electron chi connectivity index (χ3n) is 3.16. The average molecular weight is 393 g/mol. The predicted molar refractivity (Wildman–Crippen MR) is 88.1 cm³/mol. The molecular weight excluding hydrogens is 382 g/mol. The lowest BCUT2D eigenvalue weighted by Gasteiger charge is -2.08. The Balaban J connectivity index is 2.07. The van der Waals surface area contributed by atoms with Gasteiger partial charge in [-0.15, -0.1) is 0 Å². The molecular formula is C16H11Br2NO. The van der Waals surface area contributed by atoms with Crippen molar-refractivity contribution >= 4 is 42.8 Å². The number of aromatic hydroxyl groups is 1. The van der Waals surface area contributed by atoms with Crippen molar-refractivity contribution in [1.29, 1.82) is 0 Å². The number of nitrogens with zero attached hydrogens (tertiary/aromatic N) is 1. The topological polar surface area (TPSA) is 33.1 Å². The van der Waals surface area contributed by atoms with Crippen LogP contribution in [0, 0.1) is 0 Å². The van der Waals surface area contributed by atoms with E-state index in [0.717, 1.165) is 21.8 Å². The Bertz CT molecular complexity index is 772. The summed E-state index contributed by atoms with van der Waals surface area (Å²) in [5.74, 6) is 0.175. The second-order valence-electron chi connectivity index (χ2n) is 4.59. The van der Waals surface area contributed by atoms with Crippen LogP contribution in [0.3, 0.4) is 0 Å². The van der Waals surface area contributed by atoms with Gasteiger partial charge in [0.25, 0.3) is 0 Å². The van der Waals surface area contributed by atoms with Crippen molar-refractivity contribution in [1.82, 2.24) is 4.98 Å². The molecule has 0 radical (unpaired) electrons. The van der Waals surface area contributed by atoms with Crippen LogP contribution < -0.4 is 0 Å². The van der Waals surface area contributed by atoms with Gasteiger partial charge in [-0.3, -0.25) is 4.98 Å². The highest BCUT2D eigenvalue weighted by Crippen LogP contribution is 2.36. The molecule has 100 valence electrons. The van der Waals surface area contributed by atoms with Crippen LogP contribution in [0.1, 0.15) is 11.1 Å². The van der Waals surface area contributed by atoms with E-state index in [4.69, 9.17) is 0 Å². The molecule has 20 heavy (non-hydrogen) atoms. The zero-order valence-electron chi connectivity index (χ0n) is 10.5. The van der Waals surface area contributed by atoms with Gasteiger partial charge in [-0.25, -0.2) is 0 Å². The minimum absolute atomic E-state index is 0.175. The third kappa shape index (κ3) is 2.58. The molecule has 0 aliphatic heterocycles. The van der Waals surface area contributed by atoms with Crippen LogP contribution in [0.25, 0.3) is 10.9 Å². The minimum Gasteiger partial charge on any atom is -0.505 e. The molecule has 4 heteroatoms. The van der Waals surface area contributed by atoms with Crippen LogP contribution in [0.2, 0.25) is 0 Å². The summed E-state index contributed by atoms with van der Waals surface area (Å²) >= 11 is 6.84. The van der Waals surface area contributed by atoms with Crippen LogP contribution in [0.5, 0.6) is 5.75 Å². The van der Waals surface area contributed by atoms with Crippen molar-refractivity contribution in [2.45, 2.75) is 6.42 Å². The summed E-state index contributed by atoms with van der Waals surface area (Å²) < 4.78 is 1.56. The summed E-state index contributed by atoms with van der Waals surface area (Å²) in [4.78, 5) is 4.39. The summed E-state index contributed by atoms with van der Waals surface area (Å²) in [5.41, 5.74) is 2.96. The number of pyridine rings is 1. The summed E-state index contributed by atoms with van der Waals surface area (Å²) in [5, 5.41) is 10.9. The molecule has 2 aromatic carbocycles. The van der Waals surface area contributed by atoms with Crippen molar-refractivity contribution in [3.63, 3.8) is 0 Å². The standard InChI is InChI=1S/C16H11Br2NO/c17-13-8-14(18)16(20)15-12(13)7-11(9-19-15)6-10-4-2-1-3-5-10/h1-5,7-9,20H,6H2. The predicted octanol–water partition coefficient (Wildman–Crippen LogP) is 5.06. The largest absolute Gasteiger partial charge is 0.505 e. The lowest BCUT2D eigenvalue weighted by molar-refractivity contribution is 0.477. The van der Waals surface area contributed by atoms with E-state index in [2.05, 4.69) is 55.0 Å². The zero-order valence-corrected chi connectivity index (χ0v) is 13.6. The van der Waals surface area contributed by atoms with Crippen molar-refractivity contribution in [2.75, 3.05) is 0 Å². The number of phenolic OH excluding ortho intramolecular Hbond substituents is 1. The number of aromatic nitrogens is 1. The van der Waals surface area contributed by atoms with E-state index in [1.807, 2.05) is 30.5 Å². The average Bonchev–Trinajstić information content (AvgIpc) is 2.46. The Morgan fingerprint density at radius 2 is 1.70 bits per heavy atom. The number of hydrogen-bond acceptors (Lipinski definition) is 2. The summed E-state index contributed by atoms with van der Waals surface area (Å²) in [6.07, 6.45) is 2.64. The van der Waals surface area contributed by atoms with Crippen LogP contribution in [-0.4, -0.2) is 10.1 Å². The van der Waals surface area contributed by atoms with Gasteiger partial charge in [-0.2, -0.15) is 0 Å². The van der Waals surface area contributed by atoms with Gasteiger partial charge in [-0.1, -0.05) is 46.3 Å². The van der Waals surface area contributed by atoms with E-state index >= 15 is 0 Å². The Hall–Kier alpha value is -1.39. The Kier molecular flexibility index (Phi) is 3.76. The fourth-order valence-electron chi connectivity index (χ4n) is 2.18. The molecule has 0 unspecified atom stereocenters.